The van der Waals surface area contributed by atoms with Crippen molar-refractivity contribution in [3.8, 4) is 0 Å². The largest absolute Gasteiger partial charge is 0.462 e. The van der Waals surface area contributed by atoms with E-state index in [9.17, 15) is 9.59 Å². The summed E-state index contributed by atoms with van der Waals surface area (Å²) in [7, 11) is 0. The van der Waals surface area contributed by atoms with Gasteiger partial charge in [-0.3, -0.25) is 4.79 Å². The molecule has 5 nitrogen and oxygen atoms in total. The lowest BCUT2D eigenvalue weighted by molar-refractivity contribution is -0.113. The molecule has 0 aliphatic carbocycles. The van der Waals surface area contributed by atoms with Crippen LogP contribution in [0.1, 0.15) is 30.6 Å². The molecule has 2 aromatic carbocycles. The number of carbonyl (C=O) groups excluding carboxylic acids is 2. The molecule has 0 aliphatic heterocycles. The number of esters is 1. The number of carbonyl (C=O) groups is 2. The van der Waals surface area contributed by atoms with E-state index in [0.717, 1.165) is 17.9 Å². The first-order valence-electron chi connectivity index (χ1n) is 9.40. The fourth-order valence-electron chi connectivity index (χ4n) is 3.00. The zero-order chi connectivity index (χ0) is 19.9. The Balaban J connectivity index is 1.62. The van der Waals surface area contributed by atoms with E-state index in [1.54, 1.807) is 31.2 Å². The number of nitrogens with zero attached hydrogens (tertiary/aromatic N) is 1. The second kappa shape index (κ2) is 9.46. The fourth-order valence-corrected chi connectivity index (χ4v) is 3.89. The zero-order valence-corrected chi connectivity index (χ0v) is 16.9. The van der Waals surface area contributed by atoms with Crippen LogP contribution in [0.3, 0.4) is 0 Å². The van der Waals surface area contributed by atoms with Gasteiger partial charge in [0.1, 0.15) is 0 Å². The highest BCUT2D eigenvalue weighted by atomic mass is 32.2. The van der Waals surface area contributed by atoms with Crippen molar-refractivity contribution in [3.63, 3.8) is 0 Å². The zero-order valence-electron chi connectivity index (χ0n) is 16.1. The molecule has 146 valence electrons. The molecule has 0 unspecified atom stereocenters. The fraction of sp³-hybridized carbons (Fsp3) is 0.273. The Morgan fingerprint density at radius 1 is 1.07 bits per heavy atom. The van der Waals surface area contributed by atoms with E-state index in [1.807, 2.05) is 12.1 Å². The highest BCUT2D eigenvalue weighted by molar-refractivity contribution is 8.00. The molecule has 1 aromatic heterocycles. The molecule has 0 aliphatic rings. The summed E-state index contributed by atoms with van der Waals surface area (Å²) in [6, 6.07) is 15.0. The summed E-state index contributed by atoms with van der Waals surface area (Å²) in [6.07, 6.45) is 3.19. The highest BCUT2D eigenvalue weighted by Crippen LogP contribution is 2.30. The number of ether oxygens (including phenoxy) is 1. The normalized spacial score (nSPS) is 10.8. The molecule has 0 fully saturated rings. The molecule has 0 atom stereocenters. The number of aromatic nitrogens is 1. The Kier molecular flexibility index (Phi) is 6.76. The van der Waals surface area contributed by atoms with Crippen molar-refractivity contribution in [2.24, 2.45) is 0 Å². The standard InChI is InChI=1S/C22H24N2O3S/c1-3-13-24-14-20(18-7-5-6-8-19(18)24)28-15-21(25)23-17-11-9-16(10-12-17)22(26)27-4-2/h5-12,14H,3-4,13,15H2,1-2H3,(H,23,25). The number of rotatable bonds is 8. The molecule has 3 aromatic rings. The van der Waals surface area contributed by atoms with Gasteiger partial charge in [0.25, 0.3) is 0 Å². The van der Waals surface area contributed by atoms with E-state index in [2.05, 4.69) is 35.1 Å². The van der Waals surface area contributed by atoms with Crippen LogP contribution in [0.2, 0.25) is 0 Å². The number of hydrogen-bond donors (Lipinski definition) is 1. The summed E-state index contributed by atoms with van der Waals surface area (Å²) in [5.74, 6) is -0.125. The van der Waals surface area contributed by atoms with Crippen LogP contribution in [-0.4, -0.2) is 28.8 Å². The highest BCUT2D eigenvalue weighted by Gasteiger charge is 2.11. The topological polar surface area (TPSA) is 60.3 Å². The van der Waals surface area contributed by atoms with Crippen LogP contribution in [0.5, 0.6) is 0 Å². The van der Waals surface area contributed by atoms with Crippen LogP contribution in [0.4, 0.5) is 5.69 Å². The number of para-hydroxylation sites is 1. The van der Waals surface area contributed by atoms with Crippen molar-refractivity contribution in [2.75, 3.05) is 17.7 Å². The van der Waals surface area contributed by atoms with Gasteiger partial charge in [-0.25, -0.2) is 4.79 Å². The maximum atomic E-state index is 12.3. The van der Waals surface area contributed by atoms with E-state index < -0.39 is 0 Å². The van der Waals surface area contributed by atoms with Crippen LogP contribution in [0, 0.1) is 0 Å². The Labute approximate surface area is 169 Å². The van der Waals surface area contributed by atoms with Gasteiger partial charge >= 0.3 is 5.97 Å². The van der Waals surface area contributed by atoms with Crippen LogP contribution in [0.25, 0.3) is 10.9 Å². The van der Waals surface area contributed by atoms with Gasteiger partial charge in [-0.05, 0) is 43.7 Å². The molecule has 0 bridgehead atoms. The van der Waals surface area contributed by atoms with Gasteiger partial charge in [0.05, 0.1) is 17.9 Å². The Bertz CT molecular complexity index is 964. The van der Waals surface area contributed by atoms with Gasteiger partial charge < -0.3 is 14.6 Å². The number of fused-ring (bicyclic) bond motifs is 1. The van der Waals surface area contributed by atoms with Gasteiger partial charge in [0.15, 0.2) is 0 Å². The average molecular weight is 397 g/mol. The molecule has 1 amide bonds. The van der Waals surface area contributed by atoms with Gasteiger partial charge in [-0.15, -0.1) is 11.8 Å². The number of hydrogen-bond acceptors (Lipinski definition) is 4. The summed E-state index contributed by atoms with van der Waals surface area (Å²) >= 11 is 1.53. The number of anilines is 1. The van der Waals surface area contributed by atoms with E-state index in [0.29, 0.717) is 23.6 Å². The van der Waals surface area contributed by atoms with Crippen molar-refractivity contribution in [1.82, 2.24) is 4.57 Å². The molecule has 1 heterocycles. The third-order valence-electron chi connectivity index (χ3n) is 4.26. The molecule has 28 heavy (non-hydrogen) atoms. The molecule has 3 rings (SSSR count). The second-order valence-electron chi connectivity index (χ2n) is 6.34. The third-order valence-corrected chi connectivity index (χ3v) is 5.30. The van der Waals surface area contributed by atoms with Crippen LogP contribution in [-0.2, 0) is 16.1 Å². The van der Waals surface area contributed by atoms with Crippen molar-refractivity contribution < 1.29 is 14.3 Å². The molecule has 0 spiro atoms. The molecule has 0 saturated heterocycles. The first-order valence-corrected chi connectivity index (χ1v) is 10.4. The molecule has 0 radical (unpaired) electrons. The molecular formula is C22H24N2O3S. The molecular weight excluding hydrogens is 372 g/mol. The number of benzene rings is 2. The predicted octanol–water partition coefficient (Wildman–Crippen LogP) is 4.96. The minimum absolute atomic E-state index is 0.0822. The molecule has 6 heteroatoms. The van der Waals surface area contributed by atoms with E-state index in [1.165, 1.54) is 22.7 Å². The van der Waals surface area contributed by atoms with Gasteiger partial charge in [-0.2, -0.15) is 0 Å². The van der Waals surface area contributed by atoms with E-state index in [4.69, 9.17) is 4.74 Å². The van der Waals surface area contributed by atoms with Gasteiger partial charge in [-0.1, -0.05) is 25.1 Å². The average Bonchev–Trinajstić information content (AvgIpc) is 3.05. The summed E-state index contributed by atoms with van der Waals surface area (Å²) in [4.78, 5) is 25.1. The van der Waals surface area contributed by atoms with Gasteiger partial charge in [0.2, 0.25) is 5.91 Å². The van der Waals surface area contributed by atoms with Crippen LogP contribution < -0.4 is 5.32 Å². The first kappa shape index (κ1) is 20.0. The smallest absolute Gasteiger partial charge is 0.338 e. The maximum absolute atomic E-state index is 12.3. The number of aryl methyl sites for hydroxylation is 1. The predicted molar refractivity (Wildman–Crippen MR) is 114 cm³/mol. The third kappa shape index (κ3) is 4.75. The minimum Gasteiger partial charge on any atom is -0.462 e. The summed E-state index contributed by atoms with van der Waals surface area (Å²) in [5, 5.41) is 4.05. The monoisotopic (exact) mass is 396 g/mol. The maximum Gasteiger partial charge on any atom is 0.338 e. The number of amides is 1. The quantitative estimate of drug-likeness (QED) is 0.432. The van der Waals surface area contributed by atoms with Crippen LogP contribution in [0.15, 0.2) is 59.6 Å². The summed E-state index contributed by atoms with van der Waals surface area (Å²) < 4.78 is 7.20. The molecule has 0 saturated carbocycles. The summed E-state index contributed by atoms with van der Waals surface area (Å²) in [6.45, 7) is 5.22. The lowest BCUT2D eigenvalue weighted by Gasteiger charge is -2.06. The Morgan fingerprint density at radius 2 is 1.82 bits per heavy atom. The minimum atomic E-state index is -0.362. The molecule has 1 N–H and O–H groups in total. The van der Waals surface area contributed by atoms with Crippen molar-refractivity contribution >= 4 is 40.2 Å². The van der Waals surface area contributed by atoms with Crippen LogP contribution >= 0.6 is 11.8 Å². The number of nitrogens with one attached hydrogen (secondary N) is 1. The van der Waals surface area contributed by atoms with E-state index in [-0.39, 0.29) is 11.9 Å². The summed E-state index contributed by atoms with van der Waals surface area (Å²) in [5.41, 5.74) is 2.33. The lowest BCUT2D eigenvalue weighted by Crippen LogP contribution is -2.14. The second-order valence-corrected chi connectivity index (χ2v) is 7.36. The van der Waals surface area contributed by atoms with E-state index >= 15 is 0 Å². The first-order chi connectivity index (χ1) is 13.6. The van der Waals surface area contributed by atoms with Crippen molar-refractivity contribution in [1.29, 1.82) is 0 Å². The lowest BCUT2D eigenvalue weighted by atomic mass is 10.2. The van der Waals surface area contributed by atoms with Crippen molar-refractivity contribution in [2.45, 2.75) is 31.7 Å². The van der Waals surface area contributed by atoms with Gasteiger partial charge in [0, 0.05) is 34.2 Å². The van der Waals surface area contributed by atoms with Crippen molar-refractivity contribution in [3.05, 3.63) is 60.3 Å². The number of thioether (sulfide) groups is 1. The Hall–Kier alpha value is -2.73. The Morgan fingerprint density at radius 3 is 2.54 bits per heavy atom. The SMILES string of the molecule is CCCn1cc(SCC(=O)Nc2ccc(C(=O)OCC)cc2)c2ccccc21.